The van der Waals surface area contributed by atoms with Crippen LogP contribution in [0.25, 0.3) is 5.57 Å². The standard InChI is InChI=1S/C20H25O3P/c1-4-22-24(21,23-5-2)20-15(12-8-6-7-11(3)9-12)16-14-10-13-17(16)18(13)19(14)20/h6-9,13-14,16-19H,4-5,10H2,1-3H3/t13-,14+,16-,17?,18?,19-/m1/s1. The van der Waals surface area contributed by atoms with Crippen molar-refractivity contribution >= 4 is 13.2 Å². The SMILES string of the molecule is CCOP(=O)(OCC)C1=C(c2cccc(C)c2)[C@@H]2C3C4[C@@H]3C[C@@H]2[C@@H]14. The lowest BCUT2D eigenvalue weighted by molar-refractivity contribution is 0.222. The maximum Gasteiger partial charge on any atom is 0.357 e. The fraction of sp³-hybridized carbons (Fsp3) is 0.600. The minimum absolute atomic E-state index is 0.432. The molecule has 6 bridgehead atoms. The molecule has 0 heterocycles. The summed E-state index contributed by atoms with van der Waals surface area (Å²) in [7, 11) is -3.19. The second-order valence-electron chi connectivity index (χ2n) is 7.77. The van der Waals surface area contributed by atoms with Crippen molar-refractivity contribution in [1.29, 1.82) is 0 Å². The molecular formula is C20H25O3P. The smallest absolute Gasteiger partial charge is 0.306 e. The highest BCUT2D eigenvalue weighted by atomic mass is 31.2. The molecular weight excluding hydrogens is 319 g/mol. The molecule has 0 aromatic heterocycles. The van der Waals surface area contributed by atoms with Gasteiger partial charge in [0.1, 0.15) is 0 Å². The van der Waals surface area contributed by atoms with E-state index in [4.69, 9.17) is 9.05 Å². The average molecular weight is 344 g/mol. The maximum atomic E-state index is 13.7. The molecule has 4 fully saturated rings. The summed E-state index contributed by atoms with van der Waals surface area (Å²) in [6.45, 7) is 6.81. The molecule has 6 atom stereocenters. The number of rotatable bonds is 6. The van der Waals surface area contributed by atoms with Gasteiger partial charge in [0.25, 0.3) is 0 Å². The summed E-state index contributed by atoms with van der Waals surface area (Å²) in [4.78, 5) is 0. The number of hydrogen-bond acceptors (Lipinski definition) is 3. The lowest BCUT2D eigenvalue weighted by Gasteiger charge is -2.26. The van der Waals surface area contributed by atoms with Crippen molar-refractivity contribution in [3.05, 3.63) is 40.7 Å². The molecule has 1 aromatic rings. The van der Waals surface area contributed by atoms with E-state index in [0.29, 0.717) is 31.0 Å². The number of aryl methyl sites for hydroxylation is 1. The first-order valence-corrected chi connectivity index (χ1v) is 10.9. The van der Waals surface area contributed by atoms with E-state index in [0.717, 1.165) is 23.1 Å². The second kappa shape index (κ2) is 5.06. The average Bonchev–Trinajstić information content (AvgIpc) is 2.88. The van der Waals surface area contributed by atoms with Gasteiger partial charge in [-0.2, -0.15) is 0 Å². The number of hydrogen-bond donors (Lipinski definition) is 0. The van der Waals surface area contributed by atoms with Gasteiger partial charge in [-0.1, -0.05) is 29.8 Å². The van der Waals surface area contributed by atoms with Crippen LogP contribution in [0, 0.1) is 42.4 Å². The van der Waals surface area contributed by atoms with E-state index < -0.39 is 7.60 Å². The molecule has 6 rings (SSSR count). The number of benzene rings is 1. The second-order valence-corrected chi connectivity index (χ2v) is 9.76. The van der Waals surface area contributed by atoms with E-state index in [-0.39, 0.29) is 0 Å². The van der Waals surface area contributed by atoms with Crippen LogP contribution in [-0.4, -0.2) is 13.2 Å². The highest BCUT2D eigenvalue weighted by molar-refractivity contribution is 7.58. The molecule has 0 amide bonds. The Labute approximate surface area is 144 Å². The van der Waals surface area contributed by atoms with Crippen LogP contribution in [0.15, 0.2) is 29.6 Å². The first kappa shape index (κ1) is 15.4. The summed E-state index contributed by atoms with van der Waals surface area (Å²) in [5.41, 5.74) is 3.82. The summed E-state index contributed by atoms with van der Waals surface area (Å²) >= 11 is 0. The maximum absolute atomic E-state index is 13.7. The molecule has 24 heavy (non-hydrogen) atoms. The Balaban J connectivity index is 1.69. The zero-order valence-electron chi connectivity index (χ0n) is 14.6. The molecule has 128 valence electrons. The molecule has 0 N–H and O–H groups in total. The van der Waals surface area contributed by atoms with Gasteiger partial charge in [0.15, 0.2) is 0 Å². The molecule has 0 spiro atoms. The van der Waals surface area contributed by atoms with Crippen LogP contribution in [0.3, 0.4) is 0 Å². The van der Waals surface area contributed by atoms with Gasteiger partial charge in [-0.15, -0.1) is 0 Å². The van der Waals surface area contributed by atoms with Gasteiger partial charge >= 0.3 is 7.60 Å². The van der Waals surface area contributed by atoms with Crippen LogP contribution in [0.2, 0.25) is 0 Å². The predicted molar refractivity (Wildman–Crippen MR) is 94.5 cm³/mol. The Kier molecular flexibility index (Phi) is 3.24. The molecule has 1 aromatic carbocycles. The first-order valence-electron chi connectivity index (χ1n) is 9.31. The molecule has 2 unspecified atom stereocenters. The van der Waals surface area contributed by atoms with Crippen LogP contribution in [0.4, 0.5) is 0 Å². The van der Waals surface area contributed by atoms with Crippen LogP contribution < -0.4 is 0 Å². The van der Waals surface area contributed by atoms with E-state index in [1.807, 2.05) is 13.8 Å². The molecule has 4 heteroatoms. The lowest BCUT2D eigenvalue weighted by atomic mass is 9.89. The van der Waals surface area contributed by atoms with E-state index in [9.17, 15) is 4.57 Å². The third kappa shape index (κ3) is 1.79. The fourth-order valence-corrected chi connectivity index (χ4v) is 8.63. The third-order valence-electron chi connectivity index (χ3n) is 6.74. The molecule has 0 radical (unpaired) electrons. The summed E-state index contributed by atoms with van der Waals surface area (Å²) in [6, 6.07) is 8.66. The molecule has 5 aliphatic rings. The highest BCUT2D eigenvalue weighted by Gasteiger charge is 2.79. The van der Waals surface area contributed by atoms with Gasteiger partial charge in [0, 0.05) is 5.31 Å². The van der Waals surface area contributed by atoms with Gasteiger partial charge < -0.3 is 9.05 Å². The van der Waals surface area contributed by atoms with Gasteiger partial charge in [-0.05, 0) is 73.8 Å². The van der Waals surface area contributed by atoms with Crippen LogP contribution in [0.1, 0.15) is 31.4 Å². The normalized spacial score (nSPS) is 38.3. The van der Waals surface area contributed by atoms with Crippen molar-refractivity contribution in [3.8, 4) is 0 Å². The Morgan fingerprint density at radius 3 is 2.42 bits per heavy atom. The van der Waals surface area contributed by atoms with Crippen LogP contribution >= 0.6 is 7.60 Å². The van der Waals surface area contributed by atoms with Crippen molar-refractivity contribution in [3.63, 3.8) is 0 Å². The van der Waals surface area contributed by atoms with Crippen molar-refractivity contribution < 1.29 is 13.6 Å². The van der Waals surface area contributed by atoms with E-state index in [2.05, 4.69) is 31.2 Å². The van der Waals surface area contributed by atoms with E-state index in [1.54, 1.807) is 0 Å². The van der Waals surface area contributed by atoms with Crippen molar-refractivity contribution in [2.75, 3.05) is 13.2 Å². The quantitative estimate of drug-likeness (QED) is 0.672. The Morgan fingerprint density at radius 2 is 1.79 bits per heavy atom. The number of allylic oxidation sites excluding steroid dienone is 2. The molecule has 5 aliphatic carbocycles. The molecule has 0 saturated heterocycles. The third-order valence-corrected chi connectivity index (χ3v) is 9.06. The van der Waals surface area contributed by atoms with Crippen molar-refractivity contribution in [2.45, 2.75) is 27.2 Å². The zero-order valence-corrected chi connectivity index (χ0v) is 15.5. The predicted octanol–water partition coefficient (Wildman–Crippen LogP) is 5.11. The summed E-state index contributed by atoms with van der Waals surface area (Å²) in [5.74, 6) is 4.21. The molecule has 4 saturated carbocycles. The molecule has 3 nitrogen and oxygen atoms in total. The summed E-state index contributed by atoms with van der Waals surface area (Å²) in [6.07, 6.45) is 1.32. The topological polar surface area (TPSA) is 35.5 Å². The van der Waals surface area contributed by atoms with Gasteiger partial charge in [0.05, 0.1) is 13.2 Å². The van der Waals surface area contributed by atoms with Gasteiger partial charge in [-0.3, -0.25) is 4.57 Å². The minimum atomic E-state index is -3.19. The highest BCUT2D eigenvalue weighted by Crippen LogP contribution is 2.87. The Morgan fingerprint density at radius 1 is 1.08 bits per heavy atom. The van der Waals surface area contributed by atoms with Crippen molar-refractivity contribution in [2.24, 2.45) is 35.5 Å². The monoisotopic (exact) mass is 344 g/mol. The van der Waals surface area contributed by atoms with E-state index in [1.165, 1.54) is 23.1 Å². The molecule has 0 aliphatic heterocycles. The largest absolute Gasteiger partial charge is 0.357 e. The summed E-state index contributed by atoms with van der Waals surface area (Å²) < 4.78 is 25.3. The Bertz CT molecular complexity index is 773. The zero-order chi connectivity index (χ0) is 16.6. The van der Waals surface area contributed by atoms with Gasteiger partial charge in [0.2, 0.25) is 0 Å². The van der Waals surface area contributed by atoms with Crippen LogP contribution in [0.5, 0.6) is 0 Å². The van der Waals surface area contributed by atoms with Crippen LogP contribution in [-0.2, 0) is 13.6 Å². The fourth-order valence-electron chi connectivity index (χ4n) is 6.30. The first-order chi connectivity index (χ1) is 11.6. The Hall–Kier alpha value is -0.890. The minimum Gasteiger partial charge on any atom is -0.306 e. The van der Waals surface area contributed by atoms with Gasteiger partial charge in [-0.25, -0.2) is 0 Å². The van der Waals surface area contributed by atoms with Crippen molar-refractivity contribution in [1.82, 2.24) is 0 Å². The summed E-state index contributed by atoms with van der Waals surface area (Å²) in [5, 5.41) is 1.05. The lowest BCUT2D eigenvalue weighted by Crippen LogP contribution is -2.10. The van der Waals surface area contributed by atoms with E-state index >= 15 is 0 Å².